The number of ether oxygens (including phenoxy) is 3. The summed E-state index contributed by atoms with van der Waals surface area (Å²) >= 11 is 0. The van der Waals surface area contributed by atoms with Crippen LogP contribution in [0.1, 0.15) is 290 Å². The predicted octanol–water partition coefficient (Wildman–Crippen LogP) is 19.8. The van der Waals surface area contributed by atoms with Gasteiger partial charge in [-0.15, -0.1) is 0 Å². The fourth-order valence-electron chi connectivity index (χ4n) is 8.29. The molecule has 0 aromatic carbocycles. The van der Waals surface area contributed by atoms with Gasteiger partial charge in [-0.1, -0.05) is 254 Å². The summed E-state index contributed by atoms with van der Waals surface area (Å²) in [6.07, 6.45) is 73.2. The fraction of sp³-hybridized carbons (Fsp3) is 0.762. The van der Waals surface area contributed by atoms with E-state index in [-0.39, 0.29) is 31.1 Å². The summed E-state index contributed by atoms with van der Waals surface area (Å²) in [5.74, 6) is -0.888. The predicted molar refractivity (Wildman–Crippen MR) is 298 cm³/mol. The highest BCUT2D eigenvalue weighted by Crippen LogP contribution is 2.16. The maximum absolute atomic E-state index is 12.8. The van der Waals surface area contributed by atoms with E-state index in [9.17, 15) is 14.4 Å². The van der Waals surface area contributed by atoms with Crippen molar-refractivity contribution < 1.29 is 28.6 Å². The van der Waals surface area contributed by atoms with Gasteiger partial charge >= 0.3 is 17.9 Å². The van der Waals surface area contributed by atoms with Gasteiger partial charge in [0.25, 0.3) is 0 Å². The lowest BCUT2D eigenvalue weighted by Crippen LogP contribution is -2.30. The molecule has 0 saturated heterocycles. The topological polar surface area (TPSA) is 78.9 Å². The molecule has 0 aromatic rings. The first-order chi connectivity index (χ1) is 34.0. The van der Waals surface area contributed by atoms with Crippen molar-refractivity contribution in [1.82, 2.24) is 0 Å². The third kappa shape index (κ3) is 55.6. The average molecular weight is 964 g/mol. The van der Waals surface area contributed by atoms with Gasteiger partial charge in [0.05, 0.1) is 0 Å². The molecule has 0 rings (SSSR count). The third-order valence-corrected chi connectivity index (χ3v) is 12.7. The first-order valence-corrected chi connectivity index (χ1v) is 29.4. The molecule has 0 N–H and O–H groups in total. The minimum atomic E-state index is -0.783. The number of hydrogen-bond donors (Lipinski definition) is 0. The lowest BCUT2D eigenvalue weighted by molar-refractivity contribution is -0.167. The molecule has 0 aliphatic carbocycles. The normalized spacial score (nSPS) is 12.6. The summed E-state index contributed by atoms with van der Waals surface area (Å²) in [5, 5.41) is 0. The van der Waals surface area contributed by atoms with Crippen molar-refractivity contribution in [2.45, 2.75) is 297 Å². The molecule has 0 saturated carbocycles. The third-order valence-electron chi connectivity index (χ3n) is 12.7. The van der Waals surface area contributed by atoms with Crippen LogP contribution in [0.2, 0.25) is 0 Å². The van der Waals surface area contributed by atoms with Crippen LogP contribution < -0.4 is 0 Å². The summed E-state index contributed by atoms with van der Waals surface area (Å²) in [4.78, 5) is 38.2. The minimum Gasteiger partial charge on any atom is -0.462 e. The van der Waals surface area contributed by atoms with E-state index < -0.39 is 6.10 Å². The minimum absolute atomic E-state index is 0.0797. The van der Waals surface area contributed by atoms with E-state index in [4.69, 9.17) is 14.2 Å². The molecule has 0 radical (unpaired) electrons. The Labute approximate surface area is 427 Å². The number of unbranched alkanes of at least 4 members (excludes halogenated alkanes) is 30. The van der Waals surface area contributed by atoms with Gasteiger partial charge in [-0.05, 0) is 89.9 Å². The number of allylic oxidation sites excluding steroid dienone is 12. The number of carbonyl (C=O) groups is 3. The molecule has 6 nitrogen and oxygen atoms in total. The molecular formula is C63H110O6. The van der Waals surface area contributed by atoms with Crippen molar-refractivity contribution in [2.24, 2.45) is 0 Å². The molecule has 6 heteroatoms. The van der Waals surface area contributed by atoms with E-state index in [1.54, 1.807) is 0 Å². The van der Waals surface area contributed by atoms with E-state index in [0.29, 0.717) is 19.3 Å². The zero-order chi connectivity index (χ0) is 50.0. The van der Waals surface area contributed by atoms with Crippen molar-refractivity contribution in [3.63, 3.8) is 0 Å². The van der Waals surface area contributed by atoms with Gasteiger partial charge in [0, 0.05) is 19.3 Å². The van der Waals surface area contributed by atoms with E-state index in [0.717, 1.165) is 109 Å². The van der Waals surface area contributed by atoms with Crippen LogP contribution in [-0.2, 0) is 28.6 Å². The van der Waals surface area contributed by atoms with Crippen LogP contribution in [0.4, 0.5) is 0 Å². The van der Waals surface area contributed by atoms with Gasteiger partial charge < -0.3 is 14.2 Å². The molecule has 0 heterocycles. The number of carbonyl (C=O) groups excluding carboxylic acids is 3. The monoisotopic (exact) mass is 963 g/mol. The first kappa shape index (κ1) is 65.8. The van der Waals surface area contributed by atoms with Gasteiger partial charge in [-0.2, -0.15) is 0 Å². The van der Waals surface area contributed by atoms with Crippen LogP contribution in [0.5, 0.6) is 0 Å². The number of rotatable bonds is 53. The molecule has 0 aliphatic rings. The molecular weight excluding hydrogens is 853 g/mol. The van der Waals surface area contributed by atoms with Gasteiger partial charge in [-0.3, -0.25) is 14.4 Å². The van der Waals surface area contributed by atoms with Crippen LogP contribution in [0, 0.1) is 0 Å². The highest BCUT2D eigenvalue weighted by atomic mass is 16.6. The van der Waals surface area contributed by atoms with E-state index in [2.05, 4.69) is 93.7 Å². The smallest absolute Gasteiger partial charge is 0.306 e. The standard InChI is InChI=1S/C63H110O6/c1-4-7-10-13-16-19-22-25-27-29-30-31-32-33-34-35-37-38-41-44-47-50-53-56-62(65)68-59-60(58-67-61(64)55-52-49-46-43-40-24-21-18-15-12-9-6-3)69-63(66)57-54-51-48-45-42-39-36-28-26-23-20-17-14-11-8-5-2/h7,10,16,19-20,23,25,27-28,30-31,36,60H,4-6,8-9,11-15,17-18,21-22,24,26,29,32-35,37-59H2,1-3H3/b10-7-,19-16-,23-20-,27-25-,31-30-,36-28-. The molecule has 0 bridgehead atoms. The van der Waals surface area contributed by atoms with Gasteiger partial charge in [0.1, 0.15) is 13.2 Å². The highest BCUT2D eigenvalue weighted by Gasteiger charge is 2.19. The second-order valence-electron chi connectivity index (χ2n) is 19.5. The summed E-state index contributed by atoms with van der Waals surface area (Å²) < 4.78 is 16.9. The van der Waals surface area contributed by atoms with Gasteiger partial charge in [0.2, 0.25) is 0 Å². The van der Waals surface area contributed by atoms with Crippen LogP contribution in [0.3, 0.4) is 0 Å². The second kappa shape index (κ2) is 57.4. The van der Waals surface area contributed by atoms with Crippen molar-refractivity contribution in [1.29, 1.82) is 0 Å². The summed E-state index contributed by atoms with van der Waals surface area (Å²) in [6.45, 7) is 6.51. The van der Waals surface area contributed by atoms with Crippen molar-refractivity contribution >= 4 is 17.9 Å². The molecule has 0 aliphatic heterocycles. The highest BCUT2D eigenvalue weighted by molar-refractivity contribution is 5.71. The zero-order valence-corrected chi connectivity index (χ0v) is 45.6. The van der Waals surface area contributed by atoms with Crippen molar-refractivity contribution in [3.05, 3.63) is 72.9 Å². The van der Waals surface area contributed by atoms with E-state index in [1.165, 1.54) is 141 Å². The molecule has 1 unspecified atom stereocenters. The van der Waals surface area contributed by atoms with Gasteiger partial charge in [0.15, 0.2) is 6.10 Å². The Morgan fingerprint density at radius 1 is 0.304 bits per heavy atom. The maximum atomic E-state index is 12.8. The Kier molecular flexibility index (Phi) is 54.8. The Bertz CT molecular complexity index is 1290. The molecule has 398 valence electrons. The van der Waals surface area contributed by atoms with Crippen molar-refractivity contribution in [3.8, 4) is 0 Å². The Hall–Kier alpha value is -3.15. The number of esters is 3. The first-order valence-electron chi connectivity index (χ1n) is 29.4. The molecule has 0 fully saturated rings. The zero-order valence-electron chi connectivity index (χ0n) is 45.6. The maximum Gasteiger partial charge on any atom is 0.306 e. The molecule has 1 atom stereocenters. The van der Waals surface area contributed by atoms with Crippen LogP contribution in [-0.4, -0.2) is 37.2 Å². The summed E-state index contributed by atoms with van der Waals surface area (Å²) in [5.41, 5.74) is 0. The summed E-state index contributed by atoms with van der Waals surface area (Å²) in [7, 11) is 0. The van der Waals surface area contributed by atoms with Crippen LogP contribution in [0.15, 0.2) is 72.9 Å². The molecule has 0 spiro atoms. The lowest BCUT2D eigenvalue weighted by atomic mass is 10.0. The number of hydrogen-bond acceptors (Lipinski definition) is 6. The second-order valence-corrected chi connectivity index (χ2v) is 19.5. The molecule has 0 amide bonds. The quantitative estimate of drug-likeness (QED) is 0.0262. The molecule has 0 aromatic heterocycles. The van der Waals surface area contributed by atoms with Gasteiger partial charge in [-0.25, -0.2) is 0 Å². The lowest BCUT2D eigenvalue weighted by Gasteiger charge is -2.18. The van der Waals surface area contributed by atoms with Crippen molar-refractivity contribution in [2.75, 3.05) is 13.2 Å². The summed E-state index contributed by atoms with van der Waals surface area (Å²) in [6, 6.07) is 0. The van der Waals surface area contributed by atoms with E-state index >= 15 is 0 Å². The Morgan fingerprint density at radius 3 is 0.899 bits per heavy atom. The van der Waals surface area contributed by atoms with Crippen LogP contribution >= 0.6 is 0 Å². The fourth-order valence-corrected chi connectivity index (χ4v) is 8.29. The van der Waals surface area contributed by atoms with Crippen LogP contribution in [0.25, 0.3) is 0 Å². The molecule has 69 heavy (non-hydrogen) atoms. The average Bonchev–Trinajstić information content (AvgIpc) is 3.35. The SMILES string of the molecule is CC/C=C\C/C=C\C/C=C\C/C=C\CCCCCCCCCCCCC(=O)OCC(COC(=O)CCCCCCCCCCCCCC)OC(=O)CCCCCCC/C=C\C/C=C\CCCCCC. The Balaban J connectivity index is 4.33. The van der Waals surface area contributed by atoms with E-state index in [1.807, 2.05) is 0 Å². The largest absolute Gasteiger partial charge is 0.462 e. The Morgan fingerprint density at radius 2 is 0.565 bits per heavy atom.